The van der Waals surface area contributed by atoms with Gasteiger partial charge in [-0.1, -0.05) is 279 Å². The van der Waals surface area contributed by atoms with Crippen molar-refractivity contribution in [1.29, 1.82) is 0 Å². The minimum absolute atomic E-state index is 0.0874. The van der Waals surface area contributed by atoms with Crippen LogP contribution in [0, 0.1) is 0 Å². The molecule has 3 heteroatoms. The summed E-state index contributed by atoms with van der Waals surface area (Å²) in [5, 5.41) is 6.83. The lowest BCUT2D eigenvalue weighted by Gasteiger charge is -2.34. The molecule has 17 aromatic rings. The third-order valence-corrected chi connectivity index (χ3v) is 20.1. The predicted octanol–water partition coefficient (Wildman–Crippen LogP) is 24.3. The zero-order valence-corrected chi connectivity index (χ0v) is 50.7. The Balaban J connectivity index is 0.796. The van der Waals surface area contributed by atoms with Gasteiger partial charge in [0.25, 0.3) is 0 Å². The van der Waals surface area contributed by atoms with E-state index in [2.05, 4.69) is 332 Å². The van der Waals surface area contributed by atoms with E-state index in [9.17, 15) is 0 Å². The van der Waals surface area contributed by atoms with Crippen molar-refractivity contribution in [3.63, 3.8) is 0 Å². The Morgan fingerprint density at radius 3 is 1.38 bits per heavy atom. The van der Waals surface area contributed by atoms with Crippen molar-refractivity contribution >= 4 is 71.7 Å². The average molecular weight is 1180 g/mol. The Bertz CT molecular complexity index is 5720. The summed E-state index contributed by atoms with van der Waals surface area (Å²) < 4.78 is 13.3. The molecule has 19 rings (SSSR count). The second-order valence-corrected chi connectivity index (χ2v) is 24.9. The van der Waals surface area contributed by atoms with E-state index in [1.54, 1.807) is 0 Å². The number of nitrogens with zero attached hydrogens (tertiary/aromatic N) is 1. The maximum Gasteiger partial charge on any atom is 0.143 e. The third kappa shape index (κ3) is 8.23. The third-order valence-electron chi connectivity index (χ3n) is 20.1. The lowest BCUT2D eigenvalue weighted by molar-refractivity contribution is 0.669. The number of rotatable bonds is 10. The largest absolute Gasteiger partial charge is 0.455 e. The molecule has 93 heavy (non-hydrogen) atoms. The van der Waals surface area contributed by atoms with Gasteiger partial charge in [-0.25, -0.2) is 0 Å². The first kappa shape index (κ1) is 52.9. The van der Waals surface area contributed by atoms with E-state index in [-0.39, 0.29) is 5.92 Å². The minimum Gasteiger partial charge on any atom is -0.455 e. The van der Waals surface area contributed by atoms with Crippen molar-refractivity contribution in [2.45, 2.75) is 11.3 Å². The Kier molecular flexibility index (Phi) is 12.0. The number of furan rings is 2. The van der Waals surface area contributed by atoms with E-state index in [0.29, 0.717) is 0 Å². The normalized spacial score (nSPS) is 14.6. The first-order chi connectivity index (χ1) is 46.1. The summed E-state index contributed by atoms with van der Waals surface area (Å²) in [7, 11) is 0. The van der Waals surface area contributed by atoms with Gasteiger partial charge in [-0.3, -0.25) is 0 Å². The van der Waals surface area contributed by atoms with E-state index in [0.717, 1.165) is 88.6 Å². The number of hydrogen-bond donors (Lipinski definition) is 0. The summed E-state index contributed by atoms with van der Waals surface area (Å²) in [6, 6.07) is 125. The van der Waals surface area contributed by atoms with Crippen LogP contribution in [-0.2, 0) is 5.41 Å². The van der Waals surface area contributed by atoms with Crippen LogP contribution in [-0.4, -0.2) is 0 Å². The number of benzene rings is 15. The molecule has 0 bridgehead atoms. The molecule has 0 spiro atoms. The highest BCUT2D eigenvalue weighted by Gasteiger charge is 2.48. The fourth-order valence-electron chi connectivity index (χ4n) is 15.9. The van der Waals surface area contributed by atoms with Gasteiger partial charge in [0.15, 0.2) is 0 Å². The molecule has 0 N–H and O–H groups in total. The standard InChI is InChI=1S/C90H57NO2/c1-3-18-57(19-4-1)59-41-48-67(49-42-59)91(68-50-43-60(44-51-68)58-20-5-2-6-21-58)69-52-53-73-72-22-7-8-25-76(72)86(81(73)56-69)80-31-17-33-83-87(80)79-26-9-12-32-82(79)90(83,65-45-38-61(39-46-65)70-27-15-29-77-74-23-10-13-34-84(74)92-88(70)77)66-47-40-62-54-64(37-36-63(62)55-66)71-28-16-30-78-75-24-11-14-35-85(75)93-89(71)78/h1-56,86H. The molecule has 2 aliphatic carbocycles. The molecule has 0 saturated carbocycles. The fourth-order valence-corrected chi connectivity index (χ4v) is 15.9. The van der Waals surface area contributed by atoms with Gasteiger partial charge in [0.2, 0.25) is 0 Å². The van der Waals surface area contributed by atoms with Gasteiger partial charge < -0.3 is 13.7 Å². The molecule has 0 amide bonds. The Labute approximate surface area is 539 Å². The lowest BCUT2D eigenvalue weighted by atomic mass is 9.67. The minimum atomic E-state index is -0.726. The average Bonchev–Trinajstić information content (AvgIpc) is 1.54. The Hall–Kier alpha value is -12.0. The van der Waals surface area contributed by atoms with Crippen molar-refractivity contribution in [3.8, 4) is 66.8 Å². The first-order valence-corrected chi connectivity index (χ1v) is 32.1. The quantitative estimate of drug-likeness (QED) is 0.137. The Morgan fingerprint density at radius 1 is 0.258 bits per heavy atom. The smallest absolute Gasteiger partial charge is 0.143 e. The molecule has 15 aromatic carbocycles. The van der Waals surface area contributed by atoms with Crippen LogP contribution in [0.1, 0.15) is 44.9 Å². The Morgan fingerprint density at radius 2 is 0.710 bits per heavy atom. The number of fused-ring (bicyclic) bond motifs is 13. The predicted molar refractivity (Wildman–Crippen MR) is 385 cm³/mol. The number of para-hydroxylation sites is 4. The van der Waals surface area contributed by atoms with Crippen LogP contribution in [0.5, 0.6) is 0 Å². The first-order valence-electron chi connectivity index (χ1n) is 32.1. The topological polar surface area (TPSA) is 29.5 Å². The van der Waals surface area contributed by atoms with Crippen LogP contribution in [0.25, 0.3) is 121 Å². The van der Waals surface area contributed by atoms with Crippen LogP contribution in [0.3, 0.4) is 0 Å². The summed E-state index contributed by atoms with van der Waals surface area (Å²) in [6.07, 6.45) is 0. The molecule has 2 unspecified atom stereocenters. The van der Waals surface area contributed by atoms with Crippen molar-refractivity contribution in [2.24, 2.45) is 0 Å². The SMILES string of the molecule is c1ccc(-c2ccc(N(c3ccc(-c4ccccc4)cc3)c3ccc4c(c3)C(c3cccc5c3-c3ccccc3C5(c3ccc(-c5cccc6c5oc5ccccc56)cc3)c3ccc5cc(-c6cccc7c6oc6ccccc67)ccc5c3)c3ccccc3-4)cc2)cc1. The van der Waals surface area contributed by atoms with Crippen LogP contribution in [0.2, 0.25) is 0 Å². The maximum atomic E-state index is 6.67. The summed E-state index contributed by atoms with van der Waals surface area (Å²) in [5.74, 6) is -0.0874. The van der Waals surface area contributed by atoms with Crippen LogP contribution < -0.4 is 4.90 Å². The number of anilines is 3. The summed E-state index contributed by atoms with van der Waals surface area (Å²) in [6.45, 7) is 0. The molecule has 2 heterocycles. The lowest BCUT2D eigenvalue weighted by Crippen LogP contribution is -2.28. The fraction of sp³-hybridized carbons (Fsp3) is 0.0222. The molecule has 2 atom stereocenters. The highest BCUT2D eigenvalue weighted by Crippen LogP contribution is 2.61. The summed E-state index contributed by atoms with van der Waals surface area (Å²) in [5.41, 5.74) is 29.1. The maximum absolute atomic E-state index is 6.67. The van der Waals surface area contributed by atoms with Crippen molar-refractivity contribution in [3.05, 3.63) is 379 Å². The second kappa shape index (κ2) is 21.0. The van der Waals surface area contributed by atoms with Gasteiger partial charge in [-0.2, -0.15) is 0 Å². The van der Waals surface area contributed by atoms with Gasteiger partial charge in [0.05, 0.1) is 5.41 Å². The number of hydrogen-bond acceptors (Lipinski definition) is 3. The summed E-state index contributed by atoms with van der Waals surface area (Å²) >= 11 is 0. The second-order valence-electron chi connectivity index (χ2n) is 24.9. The van der Waals surface area contributed by atoms with Gasteiger partial charge in [0.1, 0.15) is 22.3 Å². The van der Waals surface area contributed by atoms with Crippen molar-refractivity contribution in [1.82, 2.24) is 0 Å². The molecule has 0 saturated heterocycles. The van der Waals surface area contributed by atoms with E-state index >= 15 is 0 Å². The monoisotopic (exact) mass is 1180 g/mol. The van der Waals surface area contributed by atoms with Gasteiger partial charge in [-0.05, 0) is 166 Å². The van der Waals surface area contributed by atoms with Crippen molar-refractivity contribution < 1.29 is 8.83 Å². The molecule has 0 fully saturated rings. The summed E-state index contributed by atoms with van der Waals surface area (Å²) in [4.78, 5) is 2.43. The molecule has 2 aromatic heterocycles. The zero-order valence-electron chi connectivity index (χ0n) is 50.7. The van der Waals surface area contributed by atoms with Crippen LogP contribution >= 0.6 is 0 Å². The van der Waals surface area contributed by atoms with E-state index < -0.39 is 5.41 Å². The van der Waals surface area contributed by atoms with E-state index in [1.165, 1.54) is 88.8 Å². The van der Waals surface area contributed by atoms with E-state index in [4.69, 9.17) is 8.83 Å². The molecule has 2 aliphatic rings. The van der Waals surface area contributed by atoms with Crippen molar-refractivity contribution in [2.75, 3.05) is 4.90 Å². The van der Waals surface area contributed by atoms with Gasteiger partial charge in [0, 0.05) is 55.7 Å². The molecule has 0 aliphatic heterocycles. The molecule has 3 nitrogen and oxygen atoms in total. The molecular formula is C90H57NO2. The molecular weight excluding hydrogens is 1130 g/mol. The molecule has 434 valence electrons. The highest BCUT2D eigenvalue weighted by molar-refractivity contribution is 6.11. The zero-order chi connectivity index (χ0) is 61.1. The van der Waals surface area contributed by atoms with Gasteiger partial charge in [-0.15, -0.1) is 0 Å². The van der Waals surface area contributed by atoms with E-state index in [1.807, 2.05) is 12.1 Å². The van der Waals surface area contributed by atoms with Gasteiger partial charge >= 0.3 is 0 Å². The highest BCUT2D eigenvalue weighted by atomic mass is 16.3. The van der Waals surface area contributed by atoms with Crippen LogP contribution in [0.15, 0.2) is 349 Å². The van der Waals surface area contributed by atoms with Crippen LogP contribution in [0.4, 0.5) is 17.1 Å². The molecule has 0 radical (unpaired) electrons.